The Morgan fingerprint density at radius 2 is 2.31 bits per heavy atom. The van der Waals surface area contributed by atoms with E-state index in [1.54, 1.807) is 11.8 Å². The van der Waals surface area contributed by atoms with Gasteiger partial charge in [0, 0.05) is 21.9 Å². The average Bonchev–Trinajstić information content (AvgIpc) is 2.48. The minimum atomic E-state index is 0.842. The number of halogens is 1. The van der Waals surface area contributed by atoms with E-state index in [0.717, 1.165) is 21.6 Å². The van der Waals surface area contributed by atoms with Gasteiger partial charge in [0.05, 0.1) is 0 Å². The average molecular weight is 241 g/mol. The van der Waals surface area contributed by atoms with Gasteiger partial charge in [0.2, 0.25) is 0 Å². The SMILES string of the molecule is COn1ccc(Br)c2cc(C)nc1-2. The molecule has 0 bridgehead atoms. The molecular formula is C9H9BrN2O. The smallest absolute Gasteiger partial charge is 0.176 e. The Balaban J connectivity index is 2.73. The number of pyridine rings is 1. The van der Waals surface area contributed by atoms with Crippen molar-refractivity contribution in [3.05, 3.63) is 28.5 Å². The zero-order chi connectivity index (χ0) is 9.42. The Morgan fingerprint density at radius 1 is 1.54 bits per heavy atom. The summed E-state index contributed by atoms with van der Waals surface area (Å²) in [6.07, 6.45) is 1.83. The first kappa shape index (κ1) is 8.56. The van der Waals surface area contributed by atoms with Crippen molar-refractivity contribution in [3.63, 3.8) is 0 Å². The Hall–Kier alpha value is -1.03. The van der Waals surface area contributed by atoms with Crippen LogP contribution in [-0.4, -0.2) is 16.8 Å². The summed E-state index contributed by atoms with van der Waals surface area (Å²) in [7, 11) is 1.62. The third-order valence-electron chi connectivity index (χ3n) is 1.90. The zero-order valence-corrected chi connectivity index (χ0v) is 9.00. The van der Waals surface area contributed by atoms with Gasteiger partial charge in [-0.1, -0.05) is 0 Å². The van der Waals surface area contributed by atoms with Crippen LogP contribution in [0, 0.1) is 6.92 Å². The summed E-state index contributed by atoms with van der Waals surface area (Å²) in [5.41, 5.74) is 2.06. The molecule has 0 saturated heterocycles. The zero-order valence-electron chi connectivity index (χ0n) is 7.41. The summed E-state index contributed by atoms with van der Waals surface area (Å²) >= 11 is 3.46. The summed E-state index contributed by atoms with van der Waals surface area (Å²) in [6, 6.07) is 3.96. The largest absolute Gasteiger partial charge is 0.416 e. The van der Waals surface area contributed by atoms with Gasteiger partial charge in [-0.2, -0.15) is 4.73 Å². The molecule has 68 valence electrons. The molecule has 0 aliphatic carbocycles. The quantitative estimate of drug-likeness (QED) is 0.764. The van der Waals surface area contributed by atoms with Crippen molar-refractivity contribution in [2.24, 2.45) is 0 Å². The fraction of sp³-hybridized carbons (Fsp3) is 0.222. The van der Waals surface area contributed by atoms with Crippen LogP contribution in [0.2, 0.25) is 0 Å². The molecule has 0 aromatic rings. The summed E-state index contributed by atoms with van der Waals surface area (Å²) in [5, 5.41) is 0. The lowest BCUT2D eigenvalue weighted by Gasteiger charge is -2.09. The molecule has 2 aliphatic rings. The lowest BCUT2D eigenvalue weighted by atomic mass is 10.2. The number of hydrogen-bond donors (Lipinski definition) is 0. The number of rotatable bonds is 1. The lowest BCUT2D eigenvalue weighted by molar-refractivity contribution is 0.167. The normalized spacial score (nSPS) is 10.7. The summed E-state index contributed by atoms with van der Waals surface area (Å²) < 4.78 is 2.68. The monoisotopic (exact) mass is 240 g/mol. The van der Waals surface area contributed by atoms with Gasteiger partial charge in [0.25, 0.3) is 0 Å². The summed E-state index contributed by atoms with van der Waals surface area (Å²) in [6.45, 7) is 1.96. The first-order valence-corrected chi connectivity index (χ1v) is 4.70. The Labute approximate surface area is 84.8 Å². The molecule has 0 aromatic carbocycles. The van der Waals surface area contributed by atoms with E-state index in [0.29, 0.717) is 0 Å². The Bertz CT molecular complexity index is 411. The number of aryl methyl sites for hydroxylation is 1. The maximum absolute atomic E-state index is 5.13. The van der Waals surface area contributed by atoms with E-state index in [-0.39, 0.29) is 0 Å². The van der Waals surface area contributed by atoms with E-state index in [9.17, 15) is 0 Å². The second kappa shape index (κ2) is 3.03. The molecule has 0 N–H and O–H groups in total. The van der Waals surface area contributed by atoms with E-state index < -0.39 is 0 Å². The van der Waals surface area contributed by atoms with Crippen LogP contribution in [0.25, 0.3) is 11.4 Å². The van der Waals surface area contributed by atoms with Crippen LogP contribution in [-0.2, 0) is 0 Å². The minimum Gasteiger partial charge on any atom is -0.416 e. The van der Waals surface area contributed by atoms with Gasteiger partial charge in [0.15, 0.2) is 5.82 Å². The van der Waals surface area contributed by atoms with Crippen LogP contribution < -0.4 is 4.84 Å². The predicted molar refractivity (Wildman–Crippen MR) is 53.8 cm³/mol. The maximum Gasteiger partial charge on any atom is 0.176 e. The second-order valence-corrected chi connectivity index (χ2v) is 3.66. The van der Waals surface area contributed by atoms with Crippen LogP contribution in [0.1, 0.15) is 5.69 Å². The predicted octanol–water partition coefficient (Wildman–Crippen LogP) is 2.12. The van der Waals surface area contributed by atoms with Crippen molar-refractivity contribution in [2.75, 3.05) is 7.11 Å². The van der Waals surface area contributed by atoms with Crippen LogP contribution in [0.4, 0.5) is 0 Å². The third kappa shape index (κ3) is 1.31. The maximum atomic E-state index is 5.13. The highest BCUT2D eigenvalue weighted by atomic mass is 79.9. The highest BCUT2D eigenvalue weighted by Crippen LogP contribution is 2.29. The van der Waals surface area contributed by atoms with E-state index in [4.69, 9.17) is 4.84 Å². The molecule has 13 heavy (non-hydrogen) atoms. The molecule has 0 saturated carbocycles. The van der Waals surface area contributed by atoms with Crippen molar-refractivity contribution in [1.29, 1.82) is 0 Å². The molecule has 2 rings (SSSR count). The van der Waals surface area contributed by atoms with E-state index >= 15 is 0 Å². The number of fused-ring (bicyclic) bond motifs is 1. The van der Waals surface area contributed by atoms with Gasteiger partial charge < -0.3 is 4.84 Å². The van der Waals surface area contributed by atoms with Gasteiger partial charge in [0.1, 0.15) is 7.11 Å². The topological polar surface area (TPSA) is 27.1 Å². The molecule has 0 spiro atoms. The van der Waals surface area contributed by atoms with Crippen molar-refractivity contribution in [3.8, 4) is 11.4 Å². The molecule has 2 heterocycles. The molecule has 0 atom stereocenters. The van der Waals surface area contributed by atoms with Crippen molar-refractivity contribution in [1.82, 2.24) is 9.71 Å². The molecule has 0 unspecified atom stereocenters. The highest BCUT2D eigenvalue weighted by Gasteiger charge is 2.13. The highest BCUT2D eigenvalue weighted by molar-refractivity contribution is 9.10. The molecular weight excluding hydrogens is 232 g/mol. The Morgan fingerprint density at radius 3 is 3.00 bits per heavy atom. The molecule has 0 aromatic heterocycles. The standard InChI is InChI=1S/C9H9BrN2O/c1-6-5-7-8(10)3-4-12(13-2)9(7)11-6/h3-5H,1-2H3. The molecule has 4 heteroatoms. The van der Waals surface area contributed by atoms with Crippen LogP contribution in [0.5, 0.6) is 0 Å². The van der Waals surface area contributed by atoms with Crippen molar-refractivity contribution < 1.29 is 4.84 Å². The number of hydrogen-bond acceptors (Lipinski definition) is 2. The van der Waals surface area contributed by atoms with Crippen molar-refractivity contribution >= 4 is 15.9 Å². The van der Waals surface area contributed by atoms with Crippen LogP contribution in [0.3, 0.4) is 0 Å². The second-order valence-electron chi connectivity index (χ2n) is 2.81. The molecule has 0 radical (unpaired) electrons. The summed E-state index contributed by atoms with van der Waals surface area (Å²) in [5.74, 6) is 0.842. The fourth-order valence-electron chi connectivity index (χ4n) is 1.32. The van der Waals surface area contributed by atoms with E-state index in [1.807, 2.05) is 25.3 Å². The fourth-order valence-corrected chi connectivity index (χ4v) is 1.73. The first-order valence-electron chi connectivity index (χ1n) is 3.91. The molecule has 0 amide bonds. The van der Waals surface area contributed by atoms with Crippen LogP contribution >= 0.6 is 15.9 Å². The Kier molecular flexibility index (Phi) is 2.00. The minimum absolute atomic E-state index is 0.842. The van der Waals surface area contributed by atoms with Gasteiger partial charge in [-0.3, -0.25) is 0 Å². The third-order valence-corrected chi connectivity index (χ3v) is 2.59. The lowest BCUT2D eigenvalue weighted by Crippen LogP contribution is -2.09. The molecule has 0 fully saturated rings. The number of nitrogens with zero attached hydrogens (tertiary/aromatic N) is 2. The van der Waals surface area contributed by atoms with Gasteiger partial charge >= 0.3 is 0 Å². The van der Waals surface area contributed by atoms with Crippen molar-refractivity contribution in [2.45, 2.75) is 6.92 Å². The first-order chi connectivity index (χ1) is 6.22. The van der Waals surface area contributed by atoms with E-state index in [1.165, 1.54) is 0 Å². The van der Waals surface area contributed by atoms with Crippen LogP contribution in [0.15, 0.2) is 22.8 Å². The summed E-state index contributed by atoms with van der Waals surface area (Å²) in [4.78, 5) is 9.48. The van der Waals surface area contributed by atoms with Gasteiger partial charge in [-0.25, -0.2) is 4.98 Å². The molecule has 2 aliphatic heterocycles. The number of aromatic nitrogens is 2. The van der Waals surface area contributed by atoms with E-state index in [2.05, 4.69) is 20.9 Å². The molecule has 3 nitrogen and oxygen atoms in total. The van der Waals surface area contributed by atoms with Gasteiger partial charge in [-0.15, -0.1) is 0 Å². The van der Waals surface area contributed by atoms with Gasteiger partial charge in [-0.05, 0) is 35.0 Å².